The average molecular weight is 566 g/mol. The first-order chi connectivity index (χ1) is 15.3. The van der Waals surface area contributed by atoms with Crippen molar-refractivity contribution in [2.45, 2.75) is 18.7 Å². The summed E-state index contributed by atoms with van der Waals surface area (Å²) in [6.07, 6.45) is 0. The molecule has 0 fully saturated rings. The van der Waals surface area contributed by atoms with E-state index in [-0.39, 0.29) is 17.4 Å². The molecule has 0 bridgehead atoms. The van der Waals surface area contributed by atoms with Gasteiger partial charge < -0.3 is 14.8 Å². The Morgan fingerprint density at radius 1 is 0.938 bits per heavy atom. The van der Waals surface area contributed by atoms with Gasteiger partial charge in [-0.2, -0.15) is 0 Å². The SMILES string of the molecule is CCOc1ccc(NS(=O)(=O)c2ccc(OCC(=O)Nc3ccc(I)cc3)c(C)c2)cc1. The Morgan fingerprint density at radius 2 is 1.59 bits per heavy atom. The molecule has 0 saturated carbocycles. The van der Waals surface area contributed by atoms with E-state index in [1.807, 2.05) is 31.2 Å². The molecule has 7 nitrogen and oxygen atoms in total. The standard InChI is InChI=1S/C23H23IN2O5S/c1-3-30-20-10-8-19(9-11-20)26-32(28,29)21-12-13-22(16(2)14-21)31-15-23(27)25-18-6-4-17(24)5-7-18/h4-14,26H,3,15H2,1-2H3,(H,25,27). The van der Waals surface area contributed by atoms with Gasteiger partial charge in [-0.05, 0) is 109 Å². The number of amides is 1. The number of anilines is 2. The highest BCUT2D eigenvalue weighted by Crippen LogP contribution is 2.24. The molecule has 9 heteroatoms. The van der Waals surface area contributed by atoms with E-state index in [2.05, 4.69) is 32.6 Å². The molecule has 32 heavy (non-hydrogen) atoms. The number of ether oxygens (including phenoxy) is 2. The number of sulfonamides is 1. The minimum absolute atomic E-state index is 0.0968. The van der Waals surface area contributed by atoms with Crippen LogP contribution in [0.2, 0.25) is 0 Å². The van der Waals surface area contributed by atoms with Crippen LogP contribution in [0.4, 0.5) is 11.4 Å². The van der Waals surface area contributed by atoms with Gasteiger partial charge in [0.25, 0.3) is 15.9 Å². The van der Waals surface area contributed by atoms with E-state index >= 15 is 0 Å². The number of hydrogen-bond acceptors (Lipinski definition) is 5. The Kier molecular flexibility index (Phi) is 7.97. The lowest BCUT2D eigenvalue weighted by atomic mass is 10.2. The lowest BCUT2D eigenvalue weighted by Crippen LogP contribution is -2.20. The minimum Gasteiger partial charge on any atom is -0.494 e. The molecule has 0 aliphatic rings. The molecule has 0 heterocycles. The van der Waals surface area contributed by atoms with Crippen molar-refractivity contribution < 1.29 is 22.7 Å². The zero-order valence-corrected chi connectivity index (χ0v) is 20.6. The van der Waals surface area contributed by atoms with E-state index in [1.165, 1.54) is 12.1 Å². The summed E-state index contributed by atoms with van der Waals surface area (Å²) in [4.78, 5) is 12.2. The van der Waals surface area contributed by atoms with E-state index in [1.54, 1.807) is 37.3 Å². The highest BCUT2D eigenvalue weighted by Gasteiger charge is 2.16. The van der Waals surface area contributed by atoms with Crippen molar-refractivity contribution in [3.63, 3.8) is 0 Å². The third-order valence-electron chi connectivity index (χ3n) is 4.36. The van der Waals surface area contributed by atoms with Crippen LogP contribution in [0.5, 0.6) is 11.5 Å². The second-order valence-corrected chi connectivity index (χ2v) is 9.76. The topological polar surface area (TPSA) is 93.7 Å². The number of carbonyl (C=O) groups is 1. The van der Waals surface area contributed by atoms with Crippen molar-refractivity contribution in [3.8, 4) is 11.5 Å². The van der Waals surface area contributed by atoms with E-state index < -0.39 is 10.0 Å². The molecule has 0 spiro atoms. The summed E-state index contributed by atoms with van der Waals surface area (Å²) >= 11 is 2.19. The fourth-order valence-corrected chi connectivity index (χ4v) is 4.33. The lowest BCUT2D eigenvalue weighted by molar-refractivity contribution is -0.118. The molecular weight excluding hydrogens is 543 g/mol. The first kappa shape index (κ1) is 23.9. The predicted molar refractivity (Wildman–Crippen MR) is 133 cm³/mol. The Bertz CT molecular complexity index is 1180. The van der Waals surface area contributed by atoms with Crippen LogP contribution in [0, 0.1) is 10.5 Å². The molecule has 0 aliphatic heterocycles. The minimum atomic E-state index is -3.78. The molecule has 168 valence electrons. The third-order valence-corrected chi connectivity index (χ3v) is 6.46. The summed E-state index contributed by atoms with van der Waals surface area (Å²) in [6, 6.07) is 18.6. The molecule has 0 aromatic heterocycles. The van der Waals surface area contributed by atoms with Crippen molar-refractivity contribution >= 4 is 49.9 Å². The summed E-state index contributed by atoms with van der Waals surface area (Å²) in [5.41, 5.74) is 1.71. The smallest absolute Gasteiger partial charge is 0.262 e. The van der Waals surface area contributed by atoms with Gasteiger partial charge in [0.1, 0.15) is 11.5 Å². The van der Waals surface area contributed by atoms with Crippen LogP contribution in [0.15, 0.2) is 71.6 Å². The number of benzene rings is 3. The van der Waals surface area contributed by atoms with Gasteiger partial charge in [0, 0.05) is 14.9 Å². The van der Waals surface area contributed by atoms with E-state index in [4.69, 9.17) is 9.47 Å². The maximum Gasteiger partial charge on any atom is 0.262 e. The summed E-state index contributed by atoms with van der Waals surface area (Å²) in [7, 11) is -3.78. The van der Waals surface area contributed by atoms with Crippen molar-refractivity contribution in [2.24, 2.45) is 0 Å². The van der Waals surface area contributed by atoms with Gasteiger partial charge in [-0.1, -0.05) is 0 Å². The Balaban J connectivity index is 1.61. The summed E-state index contributed by atoms with van der Waals surface area (Å²) in [5.74, 6) is 0.793. The first-order valence-corrected chi connectivity index (χ1v) is 12.4. The Hall–Kier alpha value is -2.79. The zero-order valence-electron chi connectivity index (χ0n) is 17.6. The number of rotatable bonds is 9. The number of hydrogen-bond donors (Lipinski definition) is 2. The molecule has 0 radical (unpaired) electrons. The van der Waals surface area contributed by atoms with Gasteiger partial charge in [0.15, 0.2) is 6.61 Å². The normalized spacial score (nSPS) is 11.0. The molecule has 0 saturated heterocycles. The van der Waals surface area contributed by atoms with Gasteiger partial charge in [-0.15, -0.1) is 0 Å². The van der Waals surface area contributed by atoms with Crippen molar-refractivity contribution in [2.75, 3.05) is 23.3 Å². The zero-order chi connectivity index (χ0) is 23.1. The molecule has 1 amide bonds. The average Bonchev–Trinajstić information content (AvgIpc) is 2.76. The van der Waals surface area contributed by atoms with Crippen LogP contribution in [0.1, 0.15) is 12.5 Å². The van der Waals surface area contributed by atoms with Crippen LogP contribution in [-0.2, 0) is 14.8 Å². The highest BCUT2D eigenvalue weighted by molar-refractivity contribution is 14.1. The first-order valence-electron chi connectivity index (χ1n) is 9.81. The van der Waals surface area contributed by atoms with Crippen LogP contribution in [-0.4, -0.2) is 27.5 Å². The maximum absolute atomic E-state index is 12.7. The maximum atomic E-state index is 12.7. The number of nitrogens with one attached hydrogen (secondary N) is 2. The molecule has 0 unspecified atom stereocenters. The highest BCUT2D eigenvalue weighted by atomic mass is 127. The van der Waals surface area contributed by atoms with Gasteiger partial charge in [0.2, 0.25) is 0 Å². The van der Waals surface area contributed by atoms with Crippen molar-refractivity contribution in [1.82, 2.24) is 0 Å². The Labute approximate surface area is 201 Å². The summed E-state index contributed by atoms with van der Waals surface area (Å²) in [6.45, 7) is 3.94. The number of carbonyl (C=O) groups excluding carboxylic acids is 1. The van der Waals surface area contributed by atoms with Crippen LogP contribution < -0.4 is 19.5 Å². The quantitative estimate of drug-likeness (QED) is 0.363. The monoisotopic (exact) mass is 566 g/mol. The van der Waals surface area contributed by atoms with E-state index in [0.29, 0.717) is 35.0 Å². The lowest BCUT2D eigenvalue weighted by Gasteiger charge is -2.13. The molecular formula is C23H23IN2O5S. The van der Waals surface area contributed by atoms with Gasteiger partial charge in [-0.3, -0.25) is 9.52 Å². The fraction of sp³-hybridized carbons (Fsp3) is 0.174. The predicted octanol–water partition coefficient (Wildman–Crippen LogP) is 4.82. The molecule has 0 atom stereocenters. The van der Waals surface area contributed by atoms with Gasteiger partial charge >= 0.3 is 0 Å². The van der Waals surface area contributed by atoms with E-state index in [9.17, 15) is 13.2 Å². The molecule has 0 aliphatic carbocycles. The van der Waals surface area contributed by atoms with Crippen molar-refractivity contribution in [1.29, 1.82) is 0 Å². The summed E-state index contributed by atoms with van der Waals surface area (Å²) < 4.78 is 40.0. The van der Waals surface area contributed by atoms with Gasteiger partial charge in [-0.25, -0.2) is 8.42 Å². The van der Waals surface area contributed by atoms with E-state index in [0.717, 1.165) is 3.57 Å². The molecule has 3 rings (SSSR count). The third kappa shape index (κ3) is 6.60. The second-order valence-electron chi connectivity index (χ2n) is 6.83. The second kappa shape index (κ2) is 10.7. The van der Waals surface area contributed by atoms with Crippen LogP contribution in [0.25, 0.3) is 0 Å². The number of aryl methyl sites for hydroxylation is 1. The van der Waals surface area contributed by atoms with Crippen LogP contribution >= 0.6 is 22.6 Å². The summed E-state index contributed by atoms with van der Waals surface area (Å²) in [5, 5.41) is 2.75. The largest absolute Gasteiger partial charge is 0.494 e. The van der Waals surface area contributed by atoms with Gasteiger partial charge in [0.05, 0.1) is 11.5 Å². The molecule has 2 N–H and O–H groups in total. The molecule has 3 aromatic carbocycles. The number of halogens is 1. The van der Waals surface area contributed by atoms with Crippen LogP contribution in [0.3, 0.4) is 0 Å². The molecule has 3 aromatic rings. The Morgan fingerprint density at radius 3 is 2.22 bits per heavy atom. The fourth-order valence-electron chi connectivity index (χ4n) is 2.82. The van der Waals surface area contributed by atoms with Crippen molar-refractivity contribution in [3.05, 3.63) is 75.9 Å².